The van der Waals surface area contributed by atoms with Crippen molar-refractivity contribution in [1.29, 1.82) is 0 Å². The molecule has 1 heterocycles. The molecule has 0 bridgehead atoms. The van der Waals surface area contributed by atoms with Crippen LogP contribution in [0, 0.1) is 5.82 Å². The van der Waals surface area contributed by atoms with Gasteiger partial charge >= 0.3 is 5.97 Å². The summed E-state index contributed by atoms with van der Waals surface area (Å²) in [4.78, 5) is 10.6. The van der Waals surface area contributed by atoms with Crippen molar-refractivity contribution in [3.63, 3.8) is 0 Å². The number of nitrogens with zero attached hydrogens (tertiary/aromatic N) is 1. The molecule has 0 amide bonds. The highest BCUT2D eigenvalue weighted by atomic mass is 32.2. The van der Waals surface area contributed by atoms with Crippen LogP contribution < -0.4 is 4.31 Å². The molecule has 0 saturated heterocycles. The van der Waals surface area contributed by atoms with E-state index in [4.69, 9.17) is 5.11 Å². The molecular formula is C15H12FNO4S. The van der Waals surface area contributed by atoms with Gasteiger partial charge in [-0.2, -0.15) is 0 Å². The lowest BCUT2D eigenvalue weighted by Crippen LogP contribution is -2.29. The summed E-state index contributed by atoms with van der Waals surface area (Å²) < 4.78 is 40.1. The Balaban J connectivity index is 2.07. The van der Waals surface area contributed by atoms with Crippen LogP contribution in [0.1, 0.15) is 15.9 Å². The average molecular weight is 321 g/mol. The molecule has 0 saturated carbocycles. The number of halogens is 1. The van der Waals surface area contributed by atoms with Gasteiger partial charge in [0.1, 0.15) is 10.7 Å². The smallest absolute Gasteiger partial charge is 0.335 e. The van der Waals surface area contributed by atoms with E-state index in [1.165, 1.54) is 36.4 Å². The van der Waals surface area contributed by atoms with Crippen LogP contribution in [0.25, 0.3) is 0 Å². The van der Waals surface area contributed by atoms with Crippen LogP contribution >= 0.6 is 0 Å². The zero-order valence-corrected chi connectivity index (χ0v) is 12.2. The minimum atomic E-state index is -4.00. The topological polar surface area (TPSA) is 74.7 Å². The van der Waals surface area contributed by atoms with E-state index in [-0.39, 0.29) is 17.0 Å². The predicted octanol–water partition coefficient (Wildman–Crippen LogP) is 2.28. The fourth-order valence-corrected chi connectivity index (χ4v) is 4.10. The Kier molecular flexibility index (Phi) is 3.37. The summed E-state index contributed by atoms with van der Waals surface area (Å²) in [5.74, 6) is -1.88. The second kappa shape index (κ2) is 5.10. The van der Waals surface area contributed by atoms with E-state index < -0.39 is 21.8 Å². The van der Waals surface area contributed by atoms with Crippen LogP contribution in [0.4, 0.5) is 10.1 Å². The standard InChI is InChI=1S/C15H12FNO4S/c16-12-3-1-2-4-14(12)22(20,21)17-8-7-10-9-11(15(18)19)5-6-13(10)17/h1-6,9H,7-8H2,(H,18,19). The first kappa shape index (κ1) is 14.5. The number of carboxylic acids is 1. The van der Waals surface area contributed by atoms with Crippen molar-refractivity contribution in [3.8, 4) is 0 Å². The first-order valence-corrected chi connectivity index (χ1v) is 7.99. The van der Waals surface area contributed by atoms with Gasteiger partial charge in [-0.25, -0.2) is 17.6 Å². The number of sulfonamides is 1. The molecule has 0 atom stereocenters. The number of hydrogen-bond donors (Lipinski definition) is 1. The molecule has 1 aliphatic heterocycles. The van der Waals surface area contributed by atoms with E-state index in [0.717, 1.165) is 10.4 Å². The Morgan fingerprint density at radius 3 is 2.59 bits per heavy atom. The van der Waals surface area contributed by atoms with Crippen molar-refractivity contribution in [2.24, 2.45) is 0 Å². The maximum absolute atomic E-state index is 13.8. The Hall–Kier alpha value is -2.41. The molecular weight excluding hydrogens is 309 g/mol. The highest BCUT2D eigenvalue weighted by molar-refractivity contribution is 7.92. The molecule has 0 spiro atoms. The Labute approximate surface area is 126 Å². The monoisotopic (exact) mass is 321 g/mol. The lowest BCUT2D eigenvalue weighted by molar-refractivity contribution is 0.0697. The zero-order chi connectivity index (χ0) is 15.9. The Morgan fingerprint density at radius 1 is 1.18 bits per heavy atom. The van der Waals surface area contributed by atoms with Crippen LogP contribution in [0.15, 0.2) is 47.4 Å². The molecule has 7 heteroatoms. The quantitative estimate of drug-likeness (QED) is 0.941. The minimum absolute atomic E-state index is 0.101. The van der Waals surface area contributed by atoms with Crippen molar-refractivity contribution in [2.45, 2.75) is 11.3 Å². The summed E-state index contributed by atoms with van der Waals surface area (Å²) >= 11 is 0. The average Bonchev–Trinajstić information content (AvgIpc) is 2.91. The van der Waals surface area contributed by atoms with Crippen LogP contribution in [0.5, 0.6) is 0 Å². The lowest BCUT2D eigenvalue weighted by Gasteiger charge is -2.20. The summed E-state index contributed by atoms with van der Waals surface area (Å²) in [7, 11) is -4.00. The minimum Gasteiger partial charge on any atom is -0.478 e. The molecule has 2 aromatic carbocycles. The number of aromatic carboxylic acids is 1. The number of fused-ring (bicyclic) bond motifs is 1. The normalized spacial score (nSPS) is 14.0. The third kappa shape index (κ3) is 2.23. The Morgan fingerprint density at radius 2 is 1.91 bits per heavy atom. The summed E-state index contributed by atoms with van der Waals surface area (Å²) in [5.41, 5.74) is 1.12. The van der Waals surface area contributed by atoms with Crippen molar-refractivity contribution >= 4 is 21.7 Å². The summed E-state index contributed by atoms with van der Waals surface area (Å²) in [6.07, 6.45) is 0.393. The number of hydrogen-bond acceptors (Lipinski definition) is 3. The van der Waals surface area contributed by atoms with Gasteiger partial charge in [0.05, 0.1) is 11.3 Å². The highest BCUT2D eigenvalue weighted by Crippen LogP contribution is 2.34. The lowest BCUT2D eigenvalue weighted by atomic mass is 10.1. The summed E-state index contributed by atoms with van der Waals surface area (Å²) in [6, 6.07) is 9.44. The SMILES string of the molecule is O=C(O)c1ccc2c(c1)CCN2S(=O)(=O)c1ccccc1F. The maximum atomic E-state index is 13.8. The second-order valence-electron chi connectivity index (χ2n) is 4.91. The number of benzene rings is 2. The predicted molar refractivity (Wildman–Crippen MR) is 78.0 cm³/mol. The van der Waals surface area contributed by atoms with Crippen LogP contribution in [-0.4, -0.2) is 26.0 Å². The first-order valence-electron chi connectivity index (χ1n) is 6.55. The molecule has 5 nitrogen and oxygen atoms in total. The zero-order valence-electron chi connectivity index (χ0n) is 11.4. The van der Waals surface area contributed by atoms with E-state index in [1.54, 1.807) is 0 Å². The van der Waals surface area contributed by atoms with Gasteiger partial charge < -0.3 is 5.11 Å². The van der Waals surface area contributed by atoms with Gasteiger partial charge in [-0.3, -0.25) is 4.31 Å². The molecule has 1 N–H and O–H groups in total. The van der Waals surface area contributed by atoms with Crippen LogP contribution in [0.3, 0.4) is 0 Å². The molecule has 2 aromatic rings. The van der Waals surface area contributed by atoms with Gasteiger partial charge in [-0.1, -0.05) is 12.1 Å². The van der Waals surface area contributed by atoms with E-state index in [9.17, 15) is 17.6 Å². The number of carbonyl (C=O) groups is 1. The highest BCUT2D eigenvalue weighted by Gasteiger charge is 2.32. The van der Waals surface area contributed by atoms with Crippen molar-refractivity contribution in [2.75, 3.05) is 10.8 Å². The number of rotatable bonds is 3. The third-order valence-electron chi connectivity index (χ3n) is 3.58. The van der Waals surface area contributed by atoms with Crippen molar-refractivity contribution in [1.82, 2.24) is 0 Å². The fraction of sp³-hybridized carbons (Fsp3) is 0.133. The van der Waals surface area contributed by atoms with Gasteiger partial charge in [0.15, 0.2) is 0 Å². The van der Waals surface area contributed by atoms with Crippen molar-refractivity contribution in [3.05, 3.63) is 59.4 Å². The molecule has 0 unspecified atom stereocenters. The molecule has 0 aliphatic carbocycles. The van der Waals surface area contributed by atoms with Crippen LogP contribution in [0.2, 0.25) is 0 Å². The number of carboxylic acid groups (broad SMARTS) is 1. The molecule has 22 heavy (non-hydrogen) atoms. The van der Waals surface area contributed by atoms with E-state index >= 15 is 0 Å². The molecule has 3 rings (SSSR count). The van der Waals surface area contributed by atoms with Gasteiger partial charge in [0, 0.05) is 6.54 Å². The maximum Gasteiger partial charge on any atom is 0.335 e. The van der Waals surface area contributed by atoms with Gasteiger partial charge in [0.2, 0.25) is 0 Å². The molecule has 1 aliphatic rings. The van der Waals surface area contributed by atoms with E-state index in [1.807, 2.05) is 0 Å². The van der Waals surface area contributed by atoms with Crippen molar-refractivity contribution < 1.29 is 22.7 Å². The molecule has 0 radical (unpaired) electrons. The molecule has 0 fully saturated rings. The summed E-state index contributed by atoms with van der Waals surface area (Å²) in [6.45, 7) is 0.162. The fourth-order valence-electron chi connectivity index (χ4n) is 2.53. The first-order chi connectivity index (χ1) is 10.4. The molecule has 114 valence electrons. The number of anilines is 1. The third-order valence-corrected chi connectivity index (χ3v) is 5.43. The van der Waals surface area contributed by atoms with E-state index in [2.05, 4.69) is 0 Å². The van der Waals surface area contributed by atoms with Gasteiger partial charge in [-0.15, -0.1) is 0 Å². The summed E-state index contributed by atoms with van der Waals surface area (Å²) in [5, 5.41) is 8.97. The Bertz CT molecular complexity index is 864. The van der Waals surface area contributed by atoms with Gasteiger partial charge in [0.25, 0.3) is 10.0 Å². The molecule has 0 aromatic heterocycles. The van der Waals surface area contributed by atoms with E-state index in [0.29, 0.717) is 17.7 Å². The van der Waals surface area contributed by atoms with Crippen LogP contribution in [-0.2, 0) is 16.4 Å². The largest absolute Gasteiger partial charge is 0.478 e. The van der Waals surface area contributed by atoms with Gasteiger partial charge in [-0.05, 0) is 42.3 Å². The second-order valence-corrected chi connectivity index (χ2v) is 6.74.